The van der Waals surface area contributed by atoms with Gasteiger partial charge in [-0.2, -0.15) is 4.31 Å². The first-order valence-corrected chi connectivity index (χ1v) is 11.7. The fourth-order valence-electron chi connectivity index (χ4n) is 3.16. The molecule has 1 aliphatic rings. The molecule has 29 heavy (non-hydrogen) atoms. The largest absolute Gasteiger partial charge is 0.507 e. The van der Waals surface area contributed by atoms with E-state index in [0.29, 0.717) is 23.7 Å². The summed E-state index contributed by atoms with van der Waals surface area (Å²) in [7, 11) is -3.82. The second kappa shape index (κ2) is 7.70. The second-order valence-electron chi connectivity index (χ2n) is 8.35. The van der Waals surface area contributed by atoms with Crippen LogP contribution in [0.3, 0.4) is 0 Å². The lowest BCUT2D eigenvalue weighted by Gasteiger charge is -2.34. The number of nitrogens with zero attached hydrogens (tertiary/aromatic N) is 3. The third-order valence-corrected chi connectivity index (χ3v) is 8.39. The number of benzene rings is 1. The first kappa shape index (κ1) is 21.7. The first-order chi connectivity index (χ1) is 13.4. The van der Waals surface area contributed by atoms with Gasteiger partial charge in [0.2, 0.25) is 10.0 Å². The van der Waals surface area contributed by atoms with Gasteiger partial charge < -0.3 is 10.0 Å². The molecule has 2 heterocycles. The zero-order chi connectivity index (χ0) is 21.6. The van der Waals surface area contributed by atoms with Gasteiger partial charge in [-0.3, -0.25) is 4.79 Å². The minimum absolute atomic E-state index is 0.0922. The fourth-order valence-corrected chi connectivity index (χ4v) is 5.84. The zero-order valence-corrected chi connectivity index (χ0v) is 19.0. The Morgan fingerprint density at radius 3 is 2.31 bits per heavy atom. The van der Waals surface area contributed by atoms with E-state index in [1.54, 1.807) is 17.9 Å². The molecule has 2 aromatic rings. The molecule has 0 spiro atoms. The third-order valence-electron chi connectivity index (χ3n) is 4.89. The number of hydrogen-bond donors (Lipinski definition) is 1. The number of amides is 1. The van der Waals surface area contributed by atoms with E-state index in [0.717, 1.165) is 10.6 Å². The van der Waals surface area contributed by atoms with Gasteiger partial charge in [0, 0.05) is 31.6 Å². The van der Waals surface area contributed by atoms with Gasteiger partial charge in [0.1, 0.15) is 15.5 Å². The number of sulfonamides is 1. The molecular formula is C20H27N3O4S2. The van der Waals surface area contributed by atoms with Crippen molar-refractivity contribution in [3.63, 3.8) is 0 Å². The normalized spacial score (nSPS) is 16.2. The molecular weight excluding hydrogens is 410 g/mol. The molecule has 158 valence electrons. The molecule has 0 unspecified atom stereocenters. The van der Waals surface area contributed by atoms with E-state index < -0.39 is 10.0 Å². The van der Waals surface area contributed by atoms with Crippen LogP contribution in [0.25, 0.3) is 0 Å². The van der Waals surface area contributed by atoms with Gasteiger partial charge in [-0.05, 0) is 31.5 Å². The van der Waals surface area contributed by atoms with Crippen molar-refractivity contribution in [3.05, 3.63) is 39.3 Å². The maximum absolute atomic E-state index is 13.0. The summed E-state index contributed by atoms with van der Waals surface area (Å²) in [5, 5.41) is 10.9. The number of aromatic hydroxyl groups is 1. The predicted molar refractivity (Wildman–Crippen MR) is 113 cm³/mol. The van der Waals surface area contributed by atoms with Gasteiger partial charge in [-0.15, -0.1) is 11.3 Å². The van der Waals surface area contributed by atoms with Gasteiger partial charge in [0.15, 0.2) is 0 Å². The SMILES string of the molecule is Cc1ccc(O)c(S(=O)(=O)N2CCN(C(=O)c3sc(C(C)(C)C)nc3C)CC2)c1. The van der Waals surface area contributed by atoms with Crippen LogP contribution in [0.5, 0.6) is 5.75 Å². The molecule has 1 fully saturated rings. The fraction of sp³-hybridized carbons (Fsp3) is 0.500. The Bertz CT molecular complexity index is 1030. The Morgan fingerprint density at radius 1 is 1.14 bits per heavy atom. The molecule has 0 aliphatic carbocycles. The molecule has 0 saturated carbocycles. The number of phenolic OH excluding ortho intramolecular Hbond substituents is 1. The molecule has 0 atom stereocenters. The van der Waals surface area contributed by atoms with Crippen molar-refractivity contribution in [2.75, 3.05) is 26.2 Å². The molecule has 0 radical (unpaired) electrons. The van der Waals surface area contributed by atoms with Crippen LogP contribution in [-0.2, 0) is 15.4 Å². The Labute approximate surface area is 176 Å². The minimum Gasteiger partial charge on any atom is -0.507 e. The molecule has 9 heteroatoms. The van der Waals surface area contributed by atoms with Crippen LogP contribution in [0, 0.1) is 13.8 Å². The number of piperazine rings is 1. The van der Waals surface area contributed by atoms with Crippen molar-refractivity contribution in [1.29, 1.82) is 0 Å². The summed E-state index contributed by atoms with van der Waals surface area (Å²) in [6.45, 7) is 10.8. The maximum atomic E-state index is 13.0. The lowest BCUT2D eigenvalue weighted by atomic mass is 9.98. The number of rotatable bonds is 3. The average molecular weight is 438 g/mol. The van der Waals surface area contributed by atoms with Crippen molar-refractivity contribution in [3.8, 4) is 5.75 Å². The Balaban J connectivity index is 1.74. The van der Waals surface area contributed by atoms with Gasteiger partial charge in [-0.1, -0.05) is 26.8 Å². The van der Waals surface area contributed by atoms with Gasteiger partial charge in [0.05, 0.1) is 10.7 Å². The summed E-state index contributed by atoms with van der Waals surface area (Å²) in [6, 6.07) is 4.52. The lowest BCUT2D eigenvalue weighted by molar-refractivity contribution is 0.0701. The zero-order valence-electron chi connectivity index (χ0n) is 17.4. The highest BCUT2D eigenvalue weighted by molar-refractivity contribution is 7.89. The summed E-state index contributed by atoms with van der Waals surface area (Å²) in [5.74, 6) is -0.366. The van der Waals surface area contributed by atoms with Crippen molar-refractivity contribution in [1.82, 2.24) is 14.2 Å². The van der Waals surface area contributed by atoms with Crippen molar-refractivity contribution < 1.29 is 18.3 Å². The number of aromatic nitrogens is 1. The number of thiazole rings is 1. The molecule has 1 aromatic carbocycles. The lowest BCUT2D eigenvalue weighted by Crippen LogP contribution is -2.50. The second-order valence-corrected chi connectivity index (χ2v) is 11.3. The smallest absolute Gasteiger partial charge is 0.265 e. The standard InChI is InChI=1S/C20H27N3O4S2/c1-13-6-7-15(24)16(12-13)29(26,27)23-10-8-22(9-11-23)18(25)17-14(2)21-19(28-17)20(3,4)5/h6-7,12,24H,8-11H2,1-5H3. The Kier molecular flexibility index (Phi) is 5.77. The highest BCUT2D eigenvalue weighted by Crippen LogP contribution is 2.31. The van der Waals surface area contributed by atoms with Gasteiger partial charge in [-0.25, -0.2) is 13.4 Å². The summed E-state index contributed by atoms with van der Waals surface area (Å²) >= 11 is 1.41. The molecule has 1 saturated heterocycles. The van der Waals surface area contributed by atoms with Gasteiger partial charge in [0.25, 0.3) is 5.91 Å². The van der Waals surface area contributed by atoms with Crippen molar-refractivity contribution in [2.45, 2.75) is 44.9 Å². The van der Waals surface area contributed by atoms with Crippen molar-refractivity contribution in [2.24, 2.45) is 0 Å². The number of carbonyl (C=O) groups excluding carboxylic acids is 1. The molecule has 0 bridgehead atoms. The highest BCUT2D eigenvalue weighted by atomic mass is 32.2. The third kappa shape index (κ3) is 4.31. The summed E-state index contributed by atoms with van der Waals surface area (Å²) in [6.07, 6.45) is 0. The number of hydrogen-bond acceptors (Lipinski definition) is 6. The minimum atomic E-state index is -3.82. The van der Waals surface area contributed by atoms with E-state index in [1.165, 1.54) is 27.8 Å². The number of carbonyl (C=O) groups is 1. The van der Waals surface area contributed by atoms with Crippen molar-refractivity contribution >= 4 is 27.3 Å². The maximum Gasteiger partial charge on any atom is 0.265 e. The number of aryl methyl sites for hydroxylation is 2. The summed E-state index contributed by atoms with van der Waals surface area (Å²) < 4.78 is 27.2. The van der Waals surface area contributed by atoms with E-state index in [-0.39, 0.29) is 35.1 Å². The van der Waals surface area contributed by atoms with Gasteiger partial charge >= 0.3 is 0 Å². The van der Waals surface area contributed by atoms with E-state index in [9.17, 15) is 18.3 Å². The number of phenols is 1. The average Bonchev–Trinajstić information content (AvgIpc) is 3.05. The monoisotopic (exact) mass is 437 g/mol. The van der Waals surface area contributed by atoms with Crippen LogP contribution in [0.15, 0.2) is 23.1 Å². The van der Waals surface area contributed by atoms with E-state index in [4.69, 9.17) is 0 Å². The van der Waals surface area contributed by atoms with Crippen LogP contribution in [0.2, 0.25) is 0 Å². The molecule has 1 aromatic heterocycles. The quantitative estimate of drug-likeness (QED) is 0.797. The summed E-state index contributed by atoms with van der Waals surface area (Å²) in [5.41, 5.74) is 1.34. The van der Waals surface area contributed by atoms with Crippen LogP contribution >= 0.6 is 11.3 Å². The molecule has 7 nitrogen and oxygen atoms in total. The molecule has 1 N–H and O–H groups in total. The molecule has 1 aliphatic heterocycles. The van der Waals surface area contributed by atoms with Crippen LogP contribution in [-0.4, -0.2) is 59.8 Å². The topological polar surface area (TPSA) is 90.8 Å². The summed E-state index contributed by atoms with van der Waals surface area (Å²) in [4.78, 5) is 19.7. The van der Waals surface area contributed by atoms with Crippen LogP contribution < -0.4 is 0 Å². The van der Waals surface area contributed by atoms with Crippen LogP contribution in [0.1, 0.15) is 46.7 Å². The predicted octanol–water partition coefficient (Wildman–Crippen LogP) is 2.91. The molecule has 3 rings (SSSR count). The highest BCUT2D eigenvalue weighted by Gasteiger charge is 2.33. The Morgan fingerprint density at radius 2 is 1.76 bits per heavy atom. The molecule has 1 amide bonds. The van der Waals surface area contributed by atoms with E-state index >= 15 is 0 Å². The van der Waals surface area contributed by atoms with Crippen LogP contribution in [0.4, 0.5) is 0 Å². The van der Waals surface area contributed by atoms with E-state index in [2.05, 4.69) is 25.8 Å². The first-order valence-electron chi connectivity index (χ1n) is 9.48. The Hall–Kier alpha value is -1.97. The van der Waals surface area contributed by atoms with E-state index in [1.807, 2.05) is 6.92 Å².